The summed E-state index contributed by atoms with van der Waals surface area (Å²) in [6.45, 7) is 5.78. The van der Waals surface area contributed by atoms with E-state index in [1.807, 2.05) is 47.4 Å². The van der Waals surface area contributed by atoms with Gasteiger partial charge in [0.2, 0.25) is 0 Å². The number of benzene rings is 2. The van der Waals surface area contributed by atoms with Crippen LogP contribution in [0, 0.1) is 5.92 Å². The molecule has 0 aliphatic carbocycles. The van der Waals surface area contributed by atoms with Gasteiger partial charge in [0.15, 0.2) is 0 Å². The lowest BCUT2D eigenvalue weighted by molar-refractivity contribution is 0.0425. The quantitative estimate of drug-likeness (QED) is 0.578. The third-order valence-electron chi connectivity index (χ3n) is 5.14. The van der Waals surface area contributed by atoms with Gasteiger partial charge in [-0.3, -0.25) is 4.79 Å². The molecular weight excluding hydrogens is 350 g/mol. The number of hydrogen-bond acceptors (Lipinski definition) is 3. The Labute approximate surface area is 168 Å². The number of hydrogen-bond donors (Lipinski definition) is 0. The van der Waals surface area contributed by atoms with E-state index in [9.17, 15) is 4.79 Å². The van der Waals surface area contributed by atoms with Gasteiger partial charge in [0.1, 0.15) is 5.75 Å². The van der Waals surface area contributed by atoms with Gasteiger partial charge in [-0.25, -0.2) is 0 Å². The number of piperidine rings is 1. The molecular formula is C24H31NO3. The van der Waals surface area contributed by atoms with E-state index in [1.54, 1.807) is 0 Å². The topological polar surface area (TPSA) is 38.8 Å². The maximum Gasteiger partial charge on any atom is 0.253 e. The molecule has 0 saturated carbocycles. The molecule has 0 spiro atoms. The van der Waals surface area contributed by atoms with E-state index < -0.39 is 0 Å². The summed E-state index contributed by atoms with van der Waals surface area (Å²) in [5.74, 6) is 1.33. The fraction of sp³-hybridized carbons (Fsp3) is 0.458. The third-order valence-corrected chi connectivity index (χ3v) is 5.14. The summed E-state index contributed by atoms with van der Waals surface area (Å²) in [4.78, 5) is 14.8. The van der Waals surface area contributed by atoms with Crippen molar-refractivity contribution in [2.24, 2.45) is 5.92 Å². The van der Waals surface area contributed by atoms with Crippen molar-refractivity contribution in [3.8, 4) is 5.75 Å². The predicted molar refractivity (Wildman–Crippen MR) is 112 cm³/mol. The van der Waals surface area contributed by atoms with E-state index in [0.717, 1.165) is 56.7 Å². The Hall–Kier alpha value is -2.33. The summed E-state index contributed by atoms with van der Waals surface area (Å²) in [6, 6.07) is 17.8. The van der Waals surface area contributed by atoms with Crippen LogP contribution in [0.25, 0.3) is 0 Å². The van der Waals surface area contributed by atoms with Crippen LogP contribution in [0.15, 0.2) is 54.6 Å². The molecule has 1 heterocycles. The molecule has 1 aliphatic heterocycles. The zero-order chi connectivity index (χ0) is 19.6. The van der Waals surface area contributed by atoms with Crippen LogP contribution in [0.1, 0.15) is 48.5 Å². The zero-order valence-electron chi connectivity index (χ0n) is 16.8. The standard InChI is InChI=1S/C24H31NO3/c1-2-3-16-28-23-13-11-22(12-14-23)24(26)25-15-7-10-21(17-25)19-27-18-20-8-5-4-6-9-20/h4-6,8-9,11-14,21H,2-3,7,10,15-19H2,1H3. The minimum absolute atomic E-state index is 0.105. The lowest BCUT2D eigenvalue weighted by Crippen LogP contribution is -2.41. The number of carbonyl (C=O) groups excluding carboxylic acids is 1. The largest absolute Gasteiger partial charge is 0.494 e. The highest BCUT2D eigenvalue weighted by atomic mass is 16.5. The molecule has 150 valence electrons. The second-order valence-electron chi connectivity index (χ2n) is 7.49. The van der Waals surface area contributed by atoms with Crippen molar-refractivity contribution < 1.29 is 14.3 Å². The average Bonchev–Trinajstić information content (AvgIpc) is 2.75. The summed E-state index contributed by atoms with van der Waals surface area (Å²) in [5.41, 5.74) is 1.92. The van der Waals surface area contributed by atoms with Gasteiger partial charge in [-0.2, -0.15) is 0 Å². The van der Waals surface area contributed by atoms with Crippen LogP contribution in [0.5, 0.6) is 5.75 Å². The molecule has 0 bridgehead atoms. The highest BCUT2D eigenvalue weighted by molar-refractivity contribution is 5.94. The van der Waals surface area contributed by atoms with Crippen LogP contribution in [0.2, 0.25) is 0 Å². The maximum absolute atomic E-state index is 12.9. The van der Waals surface area contributed by atoms with Crippen LogP contribution in [0.4, 0.5) is 0 Å². The molecule has 1 amide bonds. The van der Waals surface area contributed by atoms with Crippen molar-refractivity contribution in [2.45, 2.75) is 39.2 Å². The molecule has 0 N–H and O–H groups in total. The fourth-order valence-electron chi connectivity index (χ4n) is 3.51. The van der Waals surface area contributed by atoms with Gasteiger partial charge in [-0.05, 0) is 55.0 Å². The Balaban J connectivity index is 1.47. The Kier molecular flexibility index (Phi) is 7.92. The monoisotopic (exact) mass is 381 g/mol. The van der Waals surface area contributed by atoms with Crippen LogP contribution >= 0.6 is 0 Å². The van der Waals surface area contributed by atoms with Crippen molar-refractivity contribution >= 4 is 5.91 Å². The molecule has 28 heavy (non-hydrogen) atoms. The highest BCUT2D eigenvalue weighted by Crippen LogP contribution is 2.21. The third kappa shape index (κ3) is 6.10. The zero-order valence-corrected chi connectivity index (χ0v) is 16.8. The molecule has 0 aromatic heterocycles. The van der Waals surface area contributed by atoms with Gasteiger partial charge in [0.05, 0.1) is 19.8 Å². The summed E-state index contributed by atoms with van der Waals surface area (Å²) in [7, 11) is 0. The van der Waals surface area contributed by atoms with Crippen molar-refractivity contribution in [1.82, 2.24) is 4.90 Å². The van der Waals surface area contributed by atoms with E-state index in [4.69, 9.17) is 9.47 Å². The van der Waals surface area contributed by atoms with E-state index in [2.05, 4.69) is 19.1 Å². The lowest BCUT2D eigenvalue weighted by atomic mass is 9.98. The number of unbranched alkanes of at least 4 members (excludes halogenated alkanes) is 1. The first-order valence-electron chi connectivity index (χ1n) is 10.4. The lowest BCUT2D eigenvalue weighted by Gasteiger charge is -2.32. The average molecular weight is 382 g/mol. The number of rotatable bonds is 9. The van der Waals surface area contributed by atoms with Gasteiger partial charge in [-0.15, -0.1) is 0 Å². The summed E-state index contributed by atoms with van der Waals surface area (Å²) >= 11 is 0. The maximum atomic E-state index is 12.9. The highest BCUT2D eigenvalue weighted by Gasteiger charge is 2.24. The number of likely N-dealkylation sites (tertiary alicyclic amines) is 1. The minimum Gasteiger partial charge on any atom is -0.494 e. The molecule has 4 nitrogen and oxygen atoms in total. The molecule has 3 rings (SSSR count). The van der Waals surface area contributed by atoms with Gasteiger partial charge < -0.3 is 14.4 Å². The summed E-state index contributed by atoms with van der Waals surface area (Å²) < 4.78 is 11.6. The van der Waals surface area contributed by atoms with Crippen LogP contribution in [-0.4, -0.2) is 37.1 Å². The molecule has 0 radical (unpaired) electrons. The van der Waals surface area contributed by atoms with E-state index in [1.165, 1.54) is 5.56 Å². The Bertz CT molecular complexity index is 714. The molecule has 4 heteroatoms. The summed E-state index contributed by atoms with van der Waals surface area (Å²) in [6.07, 6.45) is 4.30. The predicted octanol–water partition coefficient (Wildman–Crippen LogP) is 4.93. The first-order chi connectivity index (χ1) is 13.8. The molecule has 2 aromatic carbocycles. The van der Waals surface area contributed by atoms with Crippen LogP contribution in [-0.2, 0) is 11.3 Å². The first-order valence-corrected chi connectivity index (χ1v) is 10.4. The Morgan fingerprint density at radius 3 is 2.64 bits per heavy atom. The molecule has 1 saturated heterocycles. The molecule has 1 unspecified atom stereocenters. The van der Waals surface area contributed by atoms with Gasteiger partial charge >= 0.3 is 0 Å². The van der Waals surface area contributed by atoms with Crippen molar-refractivity contribution in [3.63, 3.8) is 0 Å². The minimum atomic E-state index is 0.105. The number of ether oxygens (including phenoxy) is 2. The smallest absolute Gasteiger partial charge is 0.253 e. The summed E-state index contributed by atoms with van der Waals surface area (Å²) in [5, 5.41) is 0. The van der Waals surface area contributed by atoms with E-state index in [-0.39, 0.29) is 5.91 Å². The van der Waals surface area contributed by atoms with Crippen molar-refractivity contribution in [1.29, 1.82) is 0 Å². The normalized spacial score (nSPS) is 16.8. The Morgan fingerprint density at radius 2 is 1.89 bits per heavy atom. The second kappa shape index (κ2) is 10.9. The van der Waals surface area contributed by atoms with Crippen LogP contribution in [0.3, 0.4) is 0 Å². The van der Waals surface area contributed by atoms with E-state index in [0.29, 0.717) is 19.1 Å². The van der Waals surface area contributed by atoms with Gasteiger partial charge in [0, 0.05) is 18.7 Å². The second-order valence-corrected chi connectivity index (χ2v) is 7.49. The van der Waals surface area contributed by atoms with Crippen molar-refractivity contribution in [3.05, 3.63) is 65.7 Å². The number of carbonyl (C=O) groups is 1. The van der Waals surface area contributed by atoms with Crippen LogP contribution < -0.4 is 4.74 Å². The molecule has 2 aromatic rings. The number of nitrogens with zero attached hydrogens (tertiary/aromatic N) is 1. The Morgan fingerprint density at radius 1 is 1.11 bits per heavy atom. The van der Waals surface area contributed by atoms with Gasteiger partial charge in [-0.1, -0.05) is 43.7 Å². The first kappa shape index (κ1) is 20.4. The van der Waals surface area contributed by atoms with E-state index >= 15 is 0 Å². The molecule has 1 atom stereocenters. The SMILES string of the molecule is CCCCOc1ccc(C(=O)N2CCCC(COCc3ccccc3)C2)cc1. The van der Waals surface area contributed by atoms with Gasteiger partial charge in [0.25, 0.3) is 5.91 Å². The van der Waals surface area contributed by atoms with Crippen molar-refractivity contribution in [2.75, 3.05) is 26.3 Å². The number of amides is 1. The molecule has 1 aliphatic rings. The molecule has 1 fully saturated rings. The fourth-order valence-corrected chi connectivity index (χ4v) is 3.51.